The smallest absolute Gasteiger partial charge is 0.321 e. The van der Waals surface area contributed by atoms with Crippen molar-refractivity contribution in [3.8, 4) is 5.06 Å². The molecule has 140 valence electrons. The van der Waals surface area contributed by atoms with E-state index < -0.39 is 8.32 Å². The van der Waals surface area contributed by atoms with Crippen molar-refractivity contribution < 1.29 is 9.26 Å². The Labute approximate surface area is 166 Å². The van der Waals surface area contributed by atoms with Gasteiger partial charge in [0.05, 0.1) is 6.21 Å². The third-order valence-corrected chi connectivity index (χ3v) is 10.5. The number of rotatable bonds is 6. The molecule has 0 N–H and O–H groups in total. The van der Waals surface area contributed by atoms with E-state index in [1.165, 1.54) is 10.4 Å². The summed E-state index contributed by atoms with van der Waals surface area (Å²) >= 11 is 1.60. The van der Waals surface area contributed by atoms with Gasteiger partial charge in [-0.1, -0.05) is 86.6 Å². The molecule has 0 aliphatic rings. The standard InChI is InChI=1S/C22H25NO2SSi/c1-22(2,3)27(19-11-7-5-8-12-19,20-13-9-6-10-14-20)25-21-18(15-16-26-21)17-23-24-4/h5-17H,1-4H3/b23-17-. The maximum absolute atomic E-state index is 7.02. The Morgan fingerprint density at radius 1 is 0.889 bits per heavy atom. The van der Waals surface area contributed by atoms with Crippen molar-refractivity contribution in [2.75, 3.05) is 7.11 Å². The zero-order chi connectivity index (χ0) is 19.3. The van der Waals surface area contributed by atoms with Crippen molar-refractivity contribution in [1.29, 1.82) is 0 Å². The highest BCUT2D eigenvalue weighted by atomic mass is 32.1. The third-order valence-electron chi connectivity index (χ3n) is 4.62. The molecule has 3 nitrogen and oxygen atoms in total. The summed E-state index contributed by atoms with van der Waals surface area (Å²) in [6.45, 7) is 6.82. The van der Waals surface area contributed by atoms with Gasteiger partial charge in [-0.2, -0.15) is 0 Å². The van der Waals surface area contributed by atoms with Gasteiger partial charge >= 0.3 is 8.32 Å². The predicted octanol–water partition coefficient (Wildman–Crippen LogP) is 4.67. The molecule has 0 atom stereocenters. The molecule has 3 aromatic rings. The van der Waals surface area contributed by atoms with Crippen molar-refractivity contribution in [2.24, 2.45) is 5.16 Å². The fourth-order valence-electron chi connectivity index (χ4n) is 3.38. The molecule has 0 saturated heterocycles. The van der Waals surface area contributed by atoms with Crippen molar-refractivity contribution in [3.05, 3.63) is 77.7 Å². The molecule has 5 heteroatoms. The normalized spacial score (nSPS) is 12.3. The summed E-state index contributed by atoms with van der Waals surface area (Å²) < 4.78 is 7.02. The Hall–Kier alpha value is -2.37. The number of nitrogens with zero attached hydrogens (tertiary/aromatic N) is 1. The second-order valence-corrected chi connectivity index (χ2v) is 12.4. The molecule has 27 heavy (non-hydrogen) atoms. The number of hydrogen-bond acceptors (Lipinski definition) is 4. The first kappa shape index (κ1) is 19.4. The van der Waals surface area contributed by atoms with E-state index in [0.717, 1.165) is 10.6 Å². The van der Waals surface area contributed by atoms with Gasteiger partial charge in [0.1, 0.15) is 7.11 Å². The topological polar surface area (TPSA) is 30.8 Å². The van der Waals surface area contributed by atoms with Gasteiger partial charge in [-0.15, -0.1) is 11.3 Å². The maximum Gasteiger partial charge on any atom is 0.321 e. The monoisotopic (exact) mass is 395 g/mol. The lowest BCUT2D eigenvalue weighted by atomic mass is 10.2. The summed E-state index contributed by atoms with van der Waals surface area (Å²) in [7, 11) is -1.07. The molecule has 0 spiro atoms. The van der Waals surface area contributed by atoms with E-state index in [-0.39, 0.29) is 5.04 Å². The van der Waals surface area contributed by atoms with Gasteiger partial charge in [0.2, 0.25) is 0 Å². The number of benzene rings is 2. The number of oxime groups is 1. The summed E-state index contributed by atoms with van der Waals surface area (Å²) in [5.41, 5.74) is 0.940. The van der Waals surface area contributed by atoms with Crippen LogP contribution < -0.4 is 14.8 Å². The lowest BCUT2D eigenvalue weighted by Gasteiger charge is -2.42. The fourth-order valence-corrected chi connectivity index (χ4v) is 8.87. The van der Waals surface area contributed by atoms with E-state index in [1.54, 1.807) is 24.7 Å². The van der Waals surface area contributed by atoms with Crippen LogP contribution in [0.25, 0.3) is 0 Å². The Morgan fingerprint density at radius 3 is 1.93 bits per heavy atom. The molecule has 0 bridgehead atoms. The Kier molecular flexibility index (Phi) is 5.82. The van der Waals surface area contributed by atoms with Crippen LogP contribution in [0.15, 0.2) is 77.3 Å². The molecule has 0 saturated carbocycles. The molecule has 0 aliphatic carbocycles. The predicted molar refractivity (Wildman–Crippen MR) is 117 cm³/mol. The van der Waals surface area contributed by atoms with Crippen LogP contribution in [-0.2, 0) is 4.84 Å². The molecule has 1 heterocycles. The van der Waals surface area contributed by atoms with Gasteiger partial charge in [-0.05, 0) is 26.9 Å². The number of thiophene rings is 1. The molecule has 1 aromatic heterocycles. The second-order valence-electron chi connectivity index (χ2n) is 7.35. The zero-order valence-electron chi connectivity index (χ0n) is 16.2. The van der Waals surface area contributed by atoms with Crippen LogP contribution in [0, 0.1) is 0 Å². The van der Waals surface area contributed by atoms with E-state index in [2.05, 4.69) is 86.6 Å². The van der Waals surface area contributed by atoms with Crippen LogP contribution in [0.5, 0.6) is 5.06 Å². The molecule has 0 amide bonds. The van der Waals surface area contributed by atoms with Gasteiger partial charge in [0.25, 0.3) is 0 Å². The van der Waals surface area contributed by atoms with Crippen LogP contribution in [0.1, 0.15) is 26.3 Å². The van der Waals surface area contributed by atoms with Crippen molar-refractivity contribution in [3.63, 3.8) is 0 Å². The highest BCUT2D eigenvalue weighted by molar-refractivity contribution is 7.13. The average molecular weight is 396 g/mol. The van der Waals surface area contributed by atoms with Gasteiger partial charge in [0.15, 0.2) is 5.06 Å². The Morgan fingerprint density at radius 2 is 1.44 bits per heavy atom. The molecule has 0 unspecified atom stereocenters. The van der Waals surface area contributed by atoms with Crippen LogP contribution in [0.4, 0.5) is 0 Å². The first-order chi connectivity index (χ1) is 13.0. The van der Waals surface area contributed by atoms with E-state index in [9.17, 15) is 0 Å². The van der Waals surface area contributed by atoms with E-state index in [0.29, 0.717) is 0 Å². The minimum atomic E-state index is -2.62. The second kappa shape index (κ2) is 8.11. The minimum Gasteiger partial charge on any atom is -0.527 e. The highest BCUT2D eigenvalue weighted by Gasteiger charge is 2.52. The summed E-state index contributed by atoms with van der Waals surface area (Å²) in [4.78, 5) is 4.87. The number of hydrogen-bond donors (Lipinski definition) is 0. The van der Waals surface area contributed by atoms with E-state index in [4.69, 9.17) is 9.26 Å². The summed E-state index contributed by atoms with van der Waals surface area (Å²) in [5, 5.41) is 9.28. The first-order valence-electron chi connectivity index (χ1n) is 8.93. The zero-order valence-corrected chi connectivity index (χ0v) is 18.0. The van der Waals surface area contributed by atoms with Crippen LogP contribution in [-0.4, -0.2) is 21.6 Å². The van der Waals surface area contributed by atoms with E-state index in [1.807, 2.05) is 11.4 Å². The minimum absolute atomic E-state index is 0.0740. The molecular formula is C22H25NO2SSi. The van der Waals surface area contributed by atoms with Crippen LogP contribution in [0.3, 0.4) is 0 Å². The maximum atomic E-state index is 7.02. The molecule has 0 radical (unpaired) electrons. The van der Waals surface area contributed by atoms with Crippen LogP contribution in [0.2, 0.25) is 5.04 Å². The third kappa shape index (κ3) is 3.84. The lowest BCUT2D eigenvalue weighted by Crippen LogP contribution is -2.68. The largest absolute Gasteiger partial charge is 0.527 e. The van der Waals surface area contributed by atoms with Gasteiger partial charge in [-0.25, -0.2) is 0 Å². The van der Waals surface area contributed by atoms with Gasteiger partial charge < -0.3 is 9.26 Å². The van der Waals surface area contributed by atoms with Crippen LogP contribution >= 0.6 is 11.3 Å². The summed E-state index contributed by atoms with van der Waals surface area (Å²) in [6, 6.07) is 23.3. The average Bonchev–Trinajstić information content (AvgIpc) is 3.11. The molecule has 0 aliphatic heterocycles. The van der Waals surface area contributed by atoms with Gasteiger partial charge in [-0.3, -0.25) is 0 Å². The van der Waals surface area contributed by atoms with Crippen molar-refractivity contribution in [2.45, 2.75) is 25.8 Å². The Bertz CT molecular complexity index is 846. The quantitative estimate of drug-likeness (QED) is 0.345. The van der Waals surface area contributed by atoms with Gasteiger partial charge in [0, 0.05) is 5.56 Å². The summed E-state index contributed by atoms with van der Waals surface area (Å²) in [5.74, 6) is 0. The SMILES string of the molecule is CO/N=C\c1ccsc1O[Si](c1ccccc1)(c1ccccc1)C(C)(C)C. The molecule has 3 rings (SSSR count). The highest BCUT2D eigenvalue weighted by Crippen LogP contribution is 2.39. The molecule has 0 fully saturated rings. The lowest BCUT2D eigenvalue weighted by molar-refractivity contribution is 0.215. The Balaban J connectivity index is 2.22. The first-order valence-corrected chi connectivity index (χ1v) is 11.7. The molecule has 2 aromatic carbocycles. The van der Waals surface area contributed by atoms with Crippen molar-refractivity contribution in [1.82, 2.24) is 0 Å². The fraction of sp³-hybridized carbons (Fsp3) is 0.227. The van der Waals surface area contributed by atoms with Crippen molar-refractivity contribution >= 4 is 36.2 Å². The summed E-state index contributed by atoms with van der Waals surface area (Å²) in [6.07, 6.45) is 1.71. The van der Waals surface area contributed by atoms with E-state index >= 15 is 0 Å². The molecular weight excluding hydrogens is 370 g/mol.